The van der Waals surface area contributed by atoms with Crippen molar-refractivity contribution in [2.45, 2.75) is 110 Å². The number of likely N-dealkylation sites (tertiary alicyclic amines) is 1. The summed E-state index contributed by atoms with van der Waals surface area (Å²) >= 11 is 0. The van der Waals surface area contributed by atoms with Gasteiger partial charge in [-0.3, -0.25) is 14.4 Å². The first-order valence-electron chi connectivity index (χ1n) is 14.6. The molecule has 2 amide bonds. The number of nitrogens with zero attached hydrogens (tertiary/aromatic N) is 2. The molecule has 0 aromatic carbocycles. The predicted octanol–water partition coefficient (Wildman–Crippen LogP) is 3.87. The third-order valence-electron chi connectivity index (χ3n) is 8.88. The minimum Gasteiger partial charge on any atom is -0.465 e. The second-order valence-corrected chi connectivity index (χ2v) is 14.1. The Balaban J connectivity index is 1.91. The Hall–Kier alpha value is -2.19. The van der Waals surface area contributed by atoms with Gasteiger partial charge in [-0.05, 0) is 50.9 Å². The van der Waals surface area contributed by atoms with Crippen LogP contribution in [0, 0.1) is 23.2 Å². The highest BCUT2D eigenvalue weighted by atomic mass is 16.6. The van der Waals surface area contributed by atoms with E-state index in [0.717, 1.165) is 6.42 Å². The summed E-state index contributed by atoms with van der Waals surface area (Å²) in [6, 6.07) is -1.57. The molecule has 4 rings (SSSR count). The lowest BCUT2D eigenvalue weighted by atomic mass is 9.73. The summed E-state index contributed by atoms with van der Waals surface area (Å²) in [6.07, 6.45) is 9.98. The number of carbonyl (C=O) groups is 3. The van der Waals surface area contributed by atoms with E-state index in [2.05, 4.69) is 34.6 Å². The van der Waals surface area contributed by atoms with E-state index in [0.29, 0.717) is 25.8 Å². The van der Waals surface area contributed by atoms with Gasteiger partial charge in [0.2, 0.25) is 11.8 Å². The number of ether oxygens (including phenoxy) is 2. The van der Waals surface area contributed by atoms with Gasteiger partial charge in [-0.2, -0.15) is 0 Å². The number of aliphatic hydroxyl groups is 1. The lowest BCUT2D eigenvalue weighted by Gasteiger charge is -2.46. The maximum atomic E-state index is 14.8. The third-order valence-corrected chi connectivity index (χ3v) is 8.88. The highest BCUT2D eigenvalue weighted by molar-refractivity contribution is 5.99. The molecule has 4 heterocycles. The van der Waals surface area contributed by atoms with Gasteiger partial charge in [0.15, 0.2) is 0 Å². The molecule has 0 bridgehead atoms. The SMILES string of the molecule is CC[C@@]12C=CCCOC(=O)[C@@H]1[C@H]1C(=O)N([C@@H](CO)CC(C)C)C3C(=O)N(C(C)(C)CC(C)(C)C)CC=C[C@@]31O2. The van der Waals surface area contributed by atoms with Crippen molar-refractivity contribution in [2.75, 3.05) is 19.8 Å². The molecule has 39 heavy (non-hydrogen) atoms. The smallest absolute Gasteiger partial charge is 0.313 e. The maximum Gasteiger partial charge on any atom is 0.313 e. The van der Waals surface area contributed by atoms with Crippen LogP contribution in [-0.4, -0.2) is 81.3 Å². The van der Waals surface area contributed by atoms with E-state index in [4.69, 9.17) is 9.47 Å². The zero-order valence-electron chi connectivity index (χ0n) is 25.0. The molecule has 1 unspecified atom stereocenters. The minimum atomic E-state index is -1.35. The summed E-state index contributed by atoms with van der Waals surface area (Å²) in [5.41, 5.74) is -2.95. The summed E-state index contributed by atoms with van der Waals surface area (Å²) in [4.78, 5) is 46.3. The molecular weight excluding hydrogens is 496 g/mol. The van der Waals surface area contributed by atoms with Gasteiger partial charge in [-0.25, -0.2) is 0 Å². The average Bonchev–Trinajstić information content (AvgIpc) is 3.16. The number of esters is 1. The number of cyclic esters (lactones) is 1. The van der Waals surface area contributed by atoms with Crippen molar-refractivity contribution in [1.82, 2.24) is 9.80 Å². The lowest BCUT2D eigenvalue weighted by Crippen LogP contribution is -2.62. The van der Waals surface area contributed by atoms with Crippen molar-refractivity contribution >= 4 is 17.8 Å². The molecular formula is C31H48N2O6. The Morgan fingerprint density at radius 2 is 1.74 bits per heavy atom. The maximum absolute atomic E-state index is 14.8. The number of hydrogen-bond donors (Lipinski definition) is 1. The van der Waals surface area contributed by atoms with Gasteiger partial charge >= 0.3 is 5.97 Å². The molecule has 4 aliphatic rings. The Bertz CT molecular complexity index is 1040. The van der Waals surface area contributed by atoms with E-state index in [-0.39, 0.29) is 36.4 Å². The summed E-state index contributed by atoms with van der Waals surface area (Å²) < 4.78 is 12.6. The van der Waals surface area contributed by atoms with Gasteiger partial charge in [-0.1, -0.05) is 65.8 Å². The lowest BCUT2D eigenvalue weighted by molar-refractivity contribution is -0.165. The van der Waals surface area contributed by atoms with Crippen molar-refractivity contribution in [3.8, 4) is 0 Å². The van der Waals surface area contributed by atoms with Gasteiger partial charge in [0.05, 0.1) is 25.2 Å². The average molecular weight is 545 g/mol. The topological polar surface area (TPSA) is 96.4 Å². The molecule has 2 fully saturated rings. The van der Waals surface area contributed by atoms with Crippen LogP contribution in [0.3, 0.4) is 0 Å². The fraction of sp³-hybridized carbons (Fsp3) is 0.774. The molecule has 0 aromatic heterocycles. The van der Waals surface area contributed by atoms with Crippen LogP contribution in [0.4, 0.5) is 0 Å². The van der Waals surface area contributed by atoms with Crippen molar-refractivity contribution in [3.05, 3.63) is 24.3 Å². The second-order valence-electron chi connectivity index (χ2n) is 14.1. The van der Waals surface area contributed by atoms with E-state index in [1.165, 1.54) is 0 Å². The summed E-state index contributed by atoms with van der Waals surface area (Å²) in [6.45, 7) is 16.9. The minimum absolute atomic E-state index is 0.0351. The Morgan fingerprint density at radius 1 is 1.05 bits per heavy atom. The fourth-order valence-electron chi connectivity index (χ4n) is 7.82. The Kier molecular flexibility index (Phi) is 7.89. The zero-order valence-corrected chi connectivity index (χ0v) is 25.0. The Labute approximate surface area is 233 Å². The van der Waals surface area contributed by atoms with E-state index in [1.807, 2.05) is 50.0 Å². The standard InChI is InChI=1S/C31H48N2O6/c1-9-30-13-10-11-16-38-27(37)23(30)22-25(35)33(21(18-34)17-20(2)3)24-26(36)32(15-12-14-31(22,24)39-30)29(7,8)19-28(4,5)6/h10,12-14,20-24,34H,9,11,15-19H2,1-8H3/t21-,22+,23+,24?,30-,31+/m1/s1. The molecule has 218 valence electrons. The number of fused-ring (bicyclic) bond motifs is 2. The van der Waals surface area contributed by atoms with Crippen LogP contribution >= 0.6 is 0 Å². The first-order chi connectivity index (χ1) is 18.1. The van der Waals surface area contributed by atoms with Gasteiger partial charge in [0.1, 0.15) is 23.2 Å². The van der Waals surface area contributed by atoms with Crippen LogP contribution in [0.15, 0.2) is 24.3 Å². The highest BCUT2D eigenvalue weighted by Gasteiger charge is 2.76. The summed E-state index contributed by atoms with van der Waals surface area (Å²) in [5, 5.41) is 10.5. The van der Waals surface area contributed by atoms with Gasteiger partial charge in [0, 0.05) is 12.1 Å². The first kappa shape index (κ1) is 29.8. The predicted molar refractivity (Wildman–Crippen MR) is 149 cm³/mol. The summed E-state index contributed by atoms with van der Waals surface area (Å²) in [7, 11) is 0. The fourth-order valence-corrected chi connectivity index (χ4v) is 7.82. The van der Waals surface area contributed by atoms with Crippen molar-refractivity contribution in [1.29, 1.82) is 0 Å². The van der Waals surface area contributed by atoms with Crippen LogP contribution in [-0.2, 0) is 23.9 Å². The molecule has 2 saturated heterocycles. The van der Waals surface area contributed by atoms with Crippen LogP contribution in [0.2, 0.25) is 0 Å². The van der Waals surface area contributed by atoms with Crippen LogP contribution < -0.4 is 0 Å². The van der Waals surface area contributed by atoms with Crippen molar-refractivity contribution in [2.24, 2.45) is 23.2 Å². The zero-order chi connectivity index (χ0) is 29.0. The molecule has 1 N–H and O–H groups in total. The molecule has 4 aliphatic heterocycles. The van der Waals surface area contributed by atoms with Crippen molar-refractivity contribution in [3.63, 3.8) is 0 Å². The Morgan fingerprint density at radius 3 is 2.33 bits per heavy atom. The monoisotopic (exact) mass is 544 g/mol. The van der Waals surface area contributed by atoms with Gasteiger partial charge in [-0.15, -0.1) is 0 Å². The largest absolute Gasteiger partial charge is 0.465 e. The molecule has 0 aliphatic carbocycles. The third kappa shape index (κ3) is 4.96. The van der Waals surface area contributed by atoms with Gasteiger partial charge < -0.3 is 24.4 Å². The van der Waals surface area contributed by atoms with Crippen LogP contribution in [0.25, 0.3) is 0 Å². The number of carbonyl (C=O) groups excluding carboxylic acids is 3. The van der Waals surface area contributed by atoms with E-state index in [9.17, 15) is 19.5 Å². The van der Waals surface area contributed by atoms with E-state index in [1.54, 1.807) is 4.90 Å². The number of hydrogen-bond acceptors (Lipinski definition) is 6. The molecule has 1 spiro atoms. The highest BCUT2D eigenvalue weighted by Crippen LogP contribution is 2.59. The molecule has 0 aromatic rings. The molecule has 8 heteroatoms. The van der Waals surface area contributed by atoms with E-state index >= 15 is 0 Å². The quantitative estimate of drug-likeness (QED) is 0.386. The number of rotatable bonds is 7. The molecule has 6 atom stereocenters. The van der Waals surface area contributed by atoms with Crippen LogP contribution in [0.1, 0.15) is 81.1 Å². The molecule has 0 saturated carbocycles. The first-order valence-corrected chi connectivity index (χ1v) is 14.6. The van der Waals surface area contributed by atoms with Gasteiger partial charge in [0.25, 0.3) is 0 Å². The summed E-state index contributed by atoms with van der Waals surface area (Å²) in [5.74, 6) is -2.61. The normalized spacial score (nSPS) is 33.9. The van der Waals surface area contributed by atoms with Crippen molar-refractivity contribution < 1.29 is 29.0 Å². The van der Waals surface area contributed by atoms with Crippen LogP contribution in [0.5, 0.6) is 0 Å². The molecule has 8 nitrogen and oxygen atoms in total. The molecule has 0 radical (unpaired) electrons. The number of aliphatic hydroxyl groups excluding tert-OH is 1. The second kappa shape index (κ2) is 10.3. The van der Waals surface area contributed by atoms with E-state index < -0.39 is 46.6 Å². The number of amides is 2.